The van der Waals surface area contributed by atoms with E-state index in [0.717, 1.165) is 25.7 Å². The fourth-order valence-electron chi connectivity index (χ4n) is 5.44. The van der Waals surface area contributed by atoms with Crippen LogP contribution >= 0.6 is 0 Å². The van der Waals surface area contributed by atoms with Crippen LogP contribution in [0, 0.1) is 5.92 Å². The molecule has 0 fully saturated rings. The second-order valence-electron chi connectivity index (χ2n) is 11.8. The highest BCUT2D eigenvalue weighted by Gasteiger charge is 2.16. The third kappa shape index (κ3) is 29.6. The van der Waals surface area contributed by atoms with Crippen molar-refractivity contribution in [3.63, 3.8) is 0 Å². The largest absolute Gasteiger partial charge is 0.481 e. The molecular weight excluding hydrogens is 452 g/mol. The topological polar surface area (TPSA) is 37.3 Å². The number of carboxylic acids is 1. The molecular formula is C35H68O2. The quantitative estimate of drug-likeness (QED) is 0.0728. The van der Waals surface area contributed by atoms with Gasteiger partial charge in [-0.15, -0.1) is 0 Å². The molecule has 37 heavy (non-hydrogen) atoms. The highest BCUT2D eigenvalue weighted by molar-refractivity contribution is 5.69. The summed E-state index contributed by atoms with van der Waals surface area (Å²) in [7, 11) is 0. The van der Waals surface area contributed by atoms with Crippen molar-refractivity contribution >= 4 is 5.97 Å². The van der Waals surface area contributed by atoms with Crippen LogP contribution in [-0.2, 0) is 4.79 Å². The summed E-state index contributed by atoms with van der Waals surface area (Å²) in [6.07, 6.45) is 42.4. The minimum absolute atomic E-state index is 0.112. The second-order valence-corrected chi connectivity index (χ2v) is 11.8. The smallest absolute Gasteiger partial charge is 0.306 e. The molecule has 0 radical (unpaired) electrons. The fraction of sp³-hybridized carbons (Fsp3) is 0.914. The molecule has 0 aliphatic rings. The highest BCUT2D eigenvalue weighted by atomic mass is 16.4. The van der Waals surface area contributed by atoms with Crippen molar-refractivity contribution in [2.75, 3.05) is 0 Å². The van der Waals surface area contributed by atoms with Gasteiger partial charge in [0.05, 0.1) is 5.92 Å². The predicted molar refractivity (Wildman–Crippen MR) is 166 cm³/mol. The summed E-state index contributed by atoms with van der Waals surface area (Å²) >= 11 is 0. The van der Waals surface area contributed by atoms with Gasteiger partial charge in [0.1, 0.15) is 0 Å². The van der Waals surface area contributed by atoms with E-state index in [0.29, 0.717) is 0 Å². The van der Waals surface area contributed by atoms with Gasteiger partial charge in [0.25, 0.3) is 0 Å². The van der Waals surface area contributed by atoms with Gasteiger partial charge in [-0.3, -0.25) is 4.79 Å². The fourth-order valence-corrected chi connectivity index (χ4v) is 5.44. The molecule has 0 spiro atoms. The Balaban J connectivity index is 3.43. The average molecular weight is 521 g/mol. The molecule has 1 N–H and O–H groups in total. The summed E-state index contributed by atoms with van der Waals surface area (Å²) in [5.74, 6) is -0.679. The van der Waals surface area contributed by atoms with E-state index in [1.54, 1.807) is 0 Å². The zero-order valence-corrected chi connectivity index (χ0v) is 25.6. The minimum atomic E-state index is -0.567. The molecule has 0 aromatic heterocycles. The van der Waals surface area contributed by atoms with Crippen molar-refractivity contribution < 1.29 is 9.90 Å². The first-order valence-corrected chi connectivity index (χ1v) is 17.1. The van der Waals surface area contributed by atoms with Gasteiger partial charge < -0.3 is 5.11 Å². The Morgan fingerprint density at radius 2 is 0.730 bits per heavy atom. The molecule has 0 heterocycles. The molecule has 0 aliphatic carbocycles. The summed E-state index contributed by atoms with van der Waals surface area (Å²) in [5.41, 5.74) is 0. The Labute approximate surface area is 233 Å². The van der Waals surface area contributed by atoms with E-state index in [2.05, 4.69) is 26.0 Å². The third-order valence-electron chi connectivity index (χ3n) is 8.07. The van der Waals surface area contributed by atoms with Crippen molar-refractivity contribution in [1.29, 1.82) is 0 Å². The Hall–Kier alpha value is -0.790. The van der Waals surface area contributed by atoms with Crippen LogP contribution < -0.4 is 0 Å². The number of aliphatic carboxylic acids is 1. The van der Waals surface area contributed by atoms with Crippen molar-refractivity contribution in [1.82, 2.24) is 0 Å². The Morgan fingerprint density at radius 3 is 1.03 bits per heavy atom. The number of hydrogen-bond acceptors (Lipinski definition) is 1. The summed E-state index contributed by atoms with van der Waals surface area (Å²) in [6.45, 7) is 4.55. The number of hydrogen-bond donors (Lipinski definition) is 1. The van der Waals surface area contributed by atoms with Gasteiger partial charge >= 0.3 is 5.97 Å². The van der Waals surface area contributed by atoms with Gasteiger partial charge in [-0.05, 0) is 38.5 Å². The van der Waals surface area contributed by atoms with Crippen molar-refractivity contribution in [3.05, 3.63) is 12.2 Å². The number of unbranched alkanes of at least 4 members (excludes halogenated alkanes) is 24. The molecule has 0 amide bonds. The lowest BCUT2D eigenvalue weighted by atomic mass is 9.94. The van der Waals surface area contributed by atoms with Gasteiger partial charge in [-0.2, -0.15) is 0 Å². The monoisotopic (exact) mass is 521 g/mol. The van der Waals surface area contributed by atoms with E-state index >= 15 is 0 Å². The number of carboxylic acid groups (broad SMARTS) is 1. The van der Waals surface area contributed by atoms with Gasteiger partial charge in [0, 0.05) is 0 Å². The summed E-state index contributed by atoms with van der Waals surface area (Å²) in [6, 6.07) is 0. The predicted octanol–water partition coefficient (Wildman–Crippen LogP) is 12.6. The lowest BCUT2D eigenvalue weighted by Gasteiger charge is -2.12. The SMILES string of the molecule is CCCCCCC/C=C\CCCCCCC(CCCCCCCCCCCCCCCCCC)C(=O)O. The molecule has 0 aliphatic heterocycles. The first-order chi connectivity index (χ1) is 18.2. The molecule has 220 valence electrons. The van der Waals surface area contributed by atoms with Crippen LogP contribution in [0.15, 0.2) is 12.2 Å². The lowest BCUT2D eigenvalue weighted by Crippen LogP contribution is -2.13. The molecule has 1 atom stereocenters. The molecule has 0 saturated carbocycles. The molecule has 0 bridgehead atoms. The van der Waals surface area contributed by atoms with Crippen LogP contribution in [-0.4, -0.2) is 11.1 Å². The Morgan fingerprint density at radius 1 is 0.459 bits per heavy atom. The van der Waals surface area contributed by atoms with Crippen LogP contribution in [0.5, 0.6) is 0 Å². The van der Waals surface area contributed by atoms with Gasteiger partial charge in [0.2, 0.25) is 0 Å². The van der Waals surface area contributed by atoms with Crippen molar-refractivity contribution in [2.24, 2.45) is 5.92 Å². The van der Waals surface area contributed by atoms with E-state index in [-0.39, 0.29) is 5.92 Å². The summed E-state index contributed by atoms with van der Waals surface area (Å²) < 4.78 is 0. The normalized spacial score (nSPS) is 12.5. The number of carbonyl (C=O) groups is 1. The Bertz CT molecular complexity index is 470. The standard InChI is InChI=1S/C35H68O2/c1-3-5-7-9-11-13-15-17-18-19-21-23-25-27-29-31-33-34(35(36)37)32-30-28-26-24-22-20-16-14-12-10-8-6-4-2/h16,20,34H,3-15,17-19,21-33H2,1-2H3,(H,36,37)/b20-16-. The van der Waals surface area contributed by atoms with E-state index < -0.39 is 5.97 Å². The average Bonchev–Trinajstić information content (AvgIpc) is 2.89. The molecule has 0 rings (SSSR count). The summed E-state index contributed by atoms with van der Waals surface area (Å²) in [4.78, 5) is 11.6. The molecule has 2 heteroatoms. The van der Waals surface area contributed by atoms with Crippen LogP contribution in [0.25, 0.3) is 0 Å². The molecule has 0 saturated heterocycles. The lowest BCUT2D eigenvalue weighted by molar-refractivity contribution is -0.142. The van der Waals surface area contributed by atoms with Crippen LogP contribution in [0.4, 0.5) is 0 Å². The van der Waals surface area contributed by atoms with Crippen molar-refractivity contribution in [3.8, 4) is 0 Å². The molecule has 2 nitrogen and oxygen atoms in total. The van der Waals surface area contributed by atoms with E-state index in [1.807, 2.05) is 0 Å². The maximum Gasteiger partial charge on any atom is 0.306 e. The van der Waals surface area contributed by atoms with Crippen LogP contribution in [0.3, 0.4) is 0 Å². The van der Waals surface area contributed by atoms with Crippen LogP contribution in [0.1, 0.15) is 200 Å². The summed E-state index contributed by atoms with van der Waals surface area (Å²) in [5, 5.41) is 9.58. The highest BCUT2D eigenvalue weighted by Crippen LogP contribution is 2.20. The van der Waals surface area contributed by atoms with Gasteiger partial charge in [0.15, 0.2) is 0 Å². The molecule has 0 aromatic carbocycles. The van der Waals surface area contributed by atoms with Crippen LogP contribution in [0.2, 0.25) is 0 Å². The van der Waals surface area contributed by atoms with E-state index in [1.165, 1.54) is 161 Å². The Kier molecular flexibility index (Phi) is 30.8. The minimum Gasteiger partial charge on any atom is -0.481 e. The zero-order valence-electron chi connectivity index (χ0n) is 25.6. The van der Waals surface area contributed by atoms with Crippen molar-refractivity contribution in [2.45, 2.75) is 200 Å². The molecule has 1 unspecified atom stereocenters. The van der Waals surface area contributed by atoms with Gasteiger partial charge in [-0.25, -0.2) is 0 Å². The number of rotatable bonds is 31. The maximum absolute atomic E-state index is 11.6. The second kappa shape index (κ2) is 31.4. The zero-order chi connectivity index (χ0) is 27.1. The van der Waals surface area contributed by atoms with Gasteiger partial charge in [-0.1, -0.05) is 174 Å². The first kappa shape index (κ1) is 36.2. The van der Waals surface area contributed by atoms with E-state index in [4.69, 9.17) is 0 Å². The molecule has 0 aromatic rings. The number of allylic oxidation sites excluding steroid dienone is 2. The van der Waals surface area contributed by atoms with E-state index in [9.17, 15) is 9.90 Å². The maximum atomic E-state index is 11.6. The third-order valence-corrected chi connectivity index (χ3v) is 8.07. The first-order valence-electron chi connectivity index (χ1n) is 17.1.